The fraction of sp³-hybridized carbons (Fsp3) is 0.421. The molecule has 1 N–H and O–H groups in total. The molecule has 0 saturated carbocycles. The Morgan fingerprint density at radius 1 is 1.04 bits per heavy atom. The van der Waals surface area contributed by atoms with Crippen LogP contribution in [-0.2, 0) is 16.1 Å². The predicted molar refractivity (Wildman–Crippen MR) is 94.7 cm³/mol. The van der Waals surface area contributed by atoms with Gasteiger partial charge in [-0.3, -0.25) is 4.98 Å². The number of methoxy groups -OCH3 is 2. The molecule has 136 valence electrons. The first kappa shape index (κ1) is 19.2. The first-order valence-electron chi connectivity index (χ1n) is 8.23. The molecule has 2 rings (SSSR count). The highest BCUT2D eigenvalue weighted by Gasteiger charge is 2.26. The van der Waals surface area contributed by atoms with Crippen molar-refractivity contribution in [1.82, 2.24) is 4.98 Å². The highest BCUT2D eigenvalue weighted by Crippen LogP contribution is 2.43. The van der Waals surface area contributed by atoms with Gasteiger partial charge in [0, 0.05) is 37.7 Å². The van der Waals surface area contributed by atoms with Crippen LogP contribution in [0.1, 0.15) is 31.3 Å². The Bertz CT molecular complexity index is 671. The maximum absolute atomic E-state index is 10.1. The second kappa shape index (κ2) is 9.36. The van der Waals surface area contributed by atoms with E-state index < -0.39 is 6.29 Å². The zero-order chi connectivity index (χ0) is 18.2. The van der Waals surface area contributed by atoms with E-state index in [-0.39, 0.29) is 6.61 Å². The third-order valence-corrected chi connectivity index (χ3v) is 3.79. The van der Waals surface area contributed by atoms with E-state index in [1.165, 1.54) is 0 Å². The highest BCUT2D eigenvalue weighted by atomic mass is 16.7. The average molecular weight is 347 g/mol. The number of nitrogens with zero attached hydrogens (tertiary/aromatic N) is 1. The van der Waals surface area contributed by atoms with Crippen molar-refractivity contribution in [3.05, 3.63) is 41.7 Å². The molecule has 6 nitrogen and oxygen atoms in total. The monoisotopic (exact) mass is 347 g/mol. The summed E-state index contributed by atoms with van der Waals surface area (Å²) in [7, 11) is 3.12. The van der Waals surface area contributed by atoms with Crippen LogP contribution < -0.4 is 9.47 Å². The quantitative estimate of drug-likeness (QED) is 0.702. The topological polar surface area (TPSA) is 70.0 Å². The lowest BCUT2D eigenvalue weighted by atomic mass is 9.94. The van der Waals surface area contributed by atoms with Crippen LogP contribution in [0.5, 0.6) is 11.5 Å². The number of aliphatic hydroxyl groups is 1. The van der Waals surface area contributed by atoms with Crippen molar-refractivity contribution in [3.8, 4) is 22.6 Å². The average Bonchev–Trinajstić information content (AvgIpc) is 2.65. The van der Waals surface area contributed by atoms with Crippen LogP contribution in [0, 0.1) is 0 Å². The number of aliphatic hydroxyl groups excluding tert-OH is 1. The van der Waals surface area contributed by atoms with Gasteiger partial charge in [-0.1, -0.05) is 0 Å². The number of aromatic nitrogens is 1. The Labute approximate surface area is 148 Å². The summed E-state index contributed by atoms with van der Waals surface area (Å²) in [5.74, 6) is 1.09. The molecule has 0 aliphatic rings. The summed E-state index contributed by atoms with van der Waals surface area (Å²) in [4.78, 5) is 4.07. The first-order chi connectivity index (χ1) is 12.2. The van der Waals surface area contributed by atoms with Crippen molar-refractivity contribution in [1.29, 1.82) is 0 Å². The van der Waals surface area contributed by atoms with Gasteiger partial charge >= 0.3 is 0 Å². The molecule has 0 unspecified atom stereocenters. The molecule has 1 aromatic carbocycles. The van der Waals surface area contributed by atoms with Crippen LogP contribution in [-0.4, -0.2) is 37.5 Å². The summed E-state index contributed by atoms with van der Waals surface area (Å²) in [6.45, 7) is 4.50. The van der Waals surface area contributed by atoms with Gasteiger partial charge in [0.25, 0.3) is 0 Å². The van der Waals surface area contributed by atoms with E-state index in [4.69, 9.17) is 18.9 Å². The van der Waals surface area contributed by atoms with Gasteiger partial charge in [0.05, 0.1) is 19.8 Å². The number of hydrogen-bond acceptors (Lipinski definition) is 6. The van der Waals surface area contributed by atoms with E-state index >= 15 is 0 Å². The van der Waals surface area contributed by atoms with Gasteiger partial charge < -0.3 is 24.1 Å². The maximum Gasteiger partial charge on any atom is 0.184 e. The lowest BCUT2D eigenvalue weighted by Gasteiger charge is -2.25. The Balaban J connectivity index is 2.81. The molecule has 2 aromatic rings. The van der Waals surface area contributed by atoms with Gasteiger partial charge in [-0.2, -0.15) is 0 Å². The summed E-state index contributed by atoms with van der Waals surface area (Å²) in [6.07, 6.45) is 2.77. The minimum Gasteiger partial charge on any atom is -0.490 e. The molecule has 25 heavy (non-hydrogen) atoms. The molecule has 0 radical (unpaired) electrons. The standard InChI is InChI=1S/C19H25NO5/c1-5-24-16-11-14(13-7-9-20-10-8-13)17(19(22-3)23-4)15(12-21)18(16)25-6-2/h7-11,19,21H,5-6,12H2,1-4H3. The molecule has 0 aliphatic heterocycles. The molecule has 0 fully saturated rings. The Kier molecular flexibility index (Phi) is 7.18. The molecule has 0 saturated heterocycles. The predicted octanol–water partition coefficient (Wildman–Crippen LogP) is 3.33. The van der Waals surface area contributed by atoms with E-state index in [0.717, 1.165) is 11.1 Å². The van der Waals surface area contributed by atoms with Gasteiger partial charge in [-0.05, 0) is 43.2 Å². The summed E-state index contributed by atoms with van der Waals surface area (Å²) in [5.41, 5.74) is 3.06. The van der Waals surface area contributed by atoms with E-state index in [0.29, 0.717) is 35.8 Å². The Hall–Kier alpha value is -2.15. The van der Waals surface area contributed by atoms with Crippen molar-refractivity contribution in [2.45, 2.75) is 26.7 Å². The summed E-state index contributed by atoms with van der Waals surface area (Å²) >= 11 is 0. The number of ether oxygens (including phenoxy) is 4. The lowest BCUT2D eigenvalue weighted by Crippen LogP contribution is -2.12. The molecule has 0 spiro atoms. The van der Waals surface area contributed by atoms with E-state index in [1.807, 2.05) is 32.0 Å². The van der Waals surface area contributed by atoms with E-state index in [1.54, 1.807) is 26.6 Å². The van der Waals surface area contributed by atoms with Crippen LogP contribution in [0.3, 0.4) is 0 Å². The van der Waals surface area contributed by atoms with Gasteiger partial charge in [0.15, 0.2) is 17.8 Å². The number of pyridine rings is 1. The lowest BCUT2D eigenvalue weighted by molar-refractivity contribution is -0.106. The van der Waals surface area contributed by atoms with E-state index in [2.05, 4.69) is 4.98 Å². The largest absolute Gasteiger partial charge is 0.490 e. The first-order valence-corrected chi connectivity index (χ1v) is 8.23. The van der Waals surface area contributed by atoms with Crippen molar-refractivity contribution < 1.29 is 24.1 Å². The molecule has 0 atom stereocenters. The zero-order valence-electron chi connectivity index (χ0n) is 15.1. The SMILES string of the molecule is CCOc1cc(-c2ccncc2)c(C(OC)OC)c(CO)c1OCC. The zero-order valence-corrected chi connectivity index (χ0v) is 15.1. The molecule has 0 aliphatic carbocycles. The Morgan fingerprint density at radius 2 is 1.68 bits per heavy atom. The number of hydrogen-bond donors (Lipinski definition) is 1. The molecule has 1 aromatic heterocycles. The van der Waals surface area contributed by atoms with Crippen LogP contribution in [0.15, 0.2) is 30.6 Å². The summed E-state index contributed by atoms with van der Waals surface area (Å²) < 4.78 is 22.5. The molecule has 1 heterocycles. The Morgan fingerprint density at radius 3 is 2.20 bits per heavy atom. The summed E-state index contributed by atoms with van der Waals surface area (Å²) in [6, 6.07) is 5.67. The van der Waals surface area contributed by atoms with Crippen molar-refractivity contribution in [3.63, 3.8) is 0 Å². The highest BCUT2D eigenvalue weighted by molar-refractivity contribution is 5.74. The number of rotatable bonds is 9. The minimum atomic E-state index is -0.653. The van der Waals surface area contributed by atoms with Crippen molar-refractivity contribution in [2.75, 3.05) is 27.4 Å². The van der Waals surface area contributed by atoms with Crippen LogP contribution in [0.4, 0.5) is 0 Å². The minimum absolute atomic E-state index is 0.229. The molecule has 0 bridgehead atoms. The number of benzene rings is 1. The normalized spacial score (nSPS) is 11.0. The van der Waals surface area contributed by atoms with Gasteiger partial charge in [0.2, 0.25) is 0 Å². The third-order valence-electron chi connectivity index (χ3n) is 3.79. The maximum atomic E-state index is 10.1. The van der Waals surface area contributed by atoms with Crippen molar-refractivity contribution in [2.24, 2.45) is 0 Å². The van der Waals surface area contributed by atoms with Gasteiger partial charge in [0.1, 0.15) is 0 Å². The van der Waals surface area contributed by atoms with Crippen molar-refractivity contribution >= 4 is 0 Å². The summed E-state index contributed by atoms with van der Waals surface area (Å²) in [5, 5.41) is 10.1. The van der Waals surface area contributed by atoms with Gasteiger partial charge in [-0.25, -0.2) is 0 Å². The van der Waals surface area contributed by atoms with Crippen LogP contribution in [0.25, 0.3) is 11.1 Å². The fourth-order valence-electron chi connectivity index (χ4n) is 2.80. The van der Waals surface area contributed by atoms with Crippen LogP contribution >= 0.6 is 0 Å². The molecule has 6 heteroatoms. The molecular weight excluding hydrogens is 322 g/mol. The fourth-order valence-corrected chi connectivity index (χ4v) is 2.80. The third kappa shape index (κ3) is 4.10. The second-order valence-corrected chi connectivity index (χ2v) is 5.21. The van der Waals surface area contributed by atoms with Crippen LogP contribution in [0.2, 0.25) is 0 Å². The molecular formula is C19H25NO5. The second-order valence-electron chi connectivity index (χ2n) is 5.21. The van der Waals surface area contributed by atoms with Gasteiger partial charge in [-0.15, -0.1) is 0 Å². The smallest absolute Gasteiger partial charge is 0.184 e. The van der Waals surface area contributed by atoms with E-state index in [9.17, 15) is 5.11 Å². The molecule has 0 amide bonds.